The summed E-state index contributed by atoms with van der Waals surface area (Å²) in [6, 6.07) is 21.6. The number of hydrogen-bond acceptors (Lipinski definition) is 4. The normalized spacial score (nSPS) is 10.2. The predicted octanol–water partition coefficient (Wildman–Crippen LogP) is 4.90. The van der Waals surface area contributed by atoms with Crippen LogP contribution in [0.5, 0.6) is 5.75 Å². The molecule has 0 fully saturated rings. The van der Waals surface area contributed by atoms with E-state index in [1.165, 1.54) is 0 Å². The number of carbonyl (C=O) groups is 2. The van der Waals surface area contributed by atoms with E-state index in [0.717, 1.165) is 5.56 Å². The maximum absolute atomic E-state index is 12.7. The van der Waals surface area contributed by atoms with Gasteiger partial charge < -0.3 is 15.4 Å². The zero-order valence-corrected chi connectivity index (χ0v) is 19.8. The molecule has 0 unspecified atom stereocenters. The minimum Gasteiger partial charge on any atom is -0.493 e. The average molecular weight is 512 g/mol. The van der Waals surface area contributed by atoms with Crippen LogP contribution in [0.1, 0.15) is 33.2 Å². The molecule has 164 valence electrons. The maximum atomic E-state index is 12.7. The van der Waals surface area contributed by atoms with E-state index in [4.69, 9.17) is 17.0 Å². The van der Waals surface area contributed by atoms with Crippen LogP contribution in [0.2, 0.25) is 0 Å². The van der Waals surface area contributed by atoms with Crippen LogP contribution in [0.15, 0.2) is 77.3 Å². The van der Waals surface area contributed by atoms with E-state index in [1.54, 1.807) is 42.5 Å². The molecule has 0 atom stereocenters. The number of thiocarbonyl (C=S) groups is 1. The molecular formula is C24H22BrN3O3S. The number of halogens is 1. The molecule has 0 spiro atoms. The molecule has 0 aliphatic heterocycles. The van der Waals surface area contributed by atoms with Crippen LogP contribution in [0.3, 0.4) is 0 Å². The van der Waals surface area contributed by atoms with Crippen LogP contribution < -0.4 is 20.7 Å². The lowest BCUT2D eigenvalue weighted by Gasteiger charge is -2.14. The lowest BCUT2D eigenvalue weighted by molar-refractivity contribution is 0.0950. The minimum atomic E-state index is -0.378. The van der Waals surface area contributed by atoms with E-state index in [9.17, 15) is 9.59 Å². The minimum absolute atomic E-state index is 0.0864. The van der Waals surface area contributed by atoms with Gasteiger partial charge in [-0.3, -0.25) is 14.9 Å². The van der Waals surface area contributed by atoms with Gasteiger partial charge in [0.05, 0.1) is 22.3 Å². The summed E-state index contributed by atoms with van der Waals surface area (Å²) in [4.78, 5) is 25.3. The number of para-hydroxylation sites is 1. The van der Waals surface area contributed by atoms with Crippen LogP contribution in [0.25, 0.3) is 0 Å². The van der Waals surface area contributed by atoms with Gasteiger partial charge in [-0.1, -0.05) is 42.5 Å². The van der Waals surface area contributed by atoms with Crippen molar-refractivity contribution < 1.29 is 14.3 Å². The summed E-state index contributed by atoms with van der Waals surface area (Å²) in [6.07, 6.45) is 0. The van der Waals surface area contributed by atoms with Crippen molar-refractivity contribution in [2.75, 3.05) is 11.9 Å². The second kappa shape index (κ2) is 11.4. The van der Waals surface area contributed by atoms with Gasteiger partial charge in [0.2, 0.25) is 0 Å². The van der Waals surface area contributed by atoms with Crippen LogP contribution in [0.4, 0.5) is 5.69 Å². The van der Waals surface area contributed by atoms with Gasteiger partial charge in [0.1, 0.15) is 5.75 Å². The van der Waals surface area contributed by atoms with Gasteiger partial charge in [-0.15, -0.1) is 0 Å². The highest BCUT2D eigenvalue weighted by atomic mass is 79.9. The van der Waals surface area contributed by atoms with Gasteiger partial charge in [-0.25, -0.2) is 0 Å². The number of benzene rings is 3. The molecule has 2 amide bonds. The number of hydrogen-bond donors (Lipinski definition) is 3. The Hall–Kier alpha value is -3.23. The van der Waals surface area contributed by atoms with E-state index in [-0.39, 0.29) is 16.9 Å². The van der Waals surface area contributed by atoms with Gasteiger partial charge >= 0.3 is 0 Å². The topological polar surface area (TPSA) is 79.5 Å². The number of amides is 2. The first-order chi connectivity index (χ1) is 15.5. The lowest BCUT2D eigenvalue weighted by Crippen LogP contribution is -2.35. The third kappa shape index (κ3) is 6.38. The van der Waals surface area contributed by atoms with E-state index in [1.807, 2.05) is 37.3 Å². The van der Waals surface area contributed by atoms with Crippen molar-refractivity contribution in [3.63, 3.8) is 0 Å². The Kier molecular flexibility index (Phi) is 8.35. The zero-order chi connectivity index (χ0) is 22.9. The second-order valence-electron chi connectivity index (χ2n) is 6.70. The molecule has 0 saturated heterocycles. The van der Waals surface area contributed by atoms with Gasteiger partial charge in [0, 0.05) is 12.1 Å². The van der Waals surface area contributed by atoms with E-state index < -0.39 is 0 Å². The standard InChI is InChI=1S/C24H22BrN3O3S/c1-2-31-21-13-12-17(14-19(21)25)22(29)28-24(32)27-20-11-7-6-10-18(20)23(30)26-15-16-8-4-3-5-9-16/h3-14H,2,15H2,1H3,(H,26,30)(H2,27,28,29,32). The molecular weight excluding hydrogens is 490 g/mol. The van der Waals surface area contributed by atoms with Crippen LogP contribution in [0, 0.1) is 0 Å². The first-order valence-electron chi connectivity index (χ1n) is 9.93. The van der Waals surface area contributed by atoms with E-state index >= 15 is 0 Å². The first-order valence-corrected chi connectivity index (χ1v) is 11.1. The summed E-state index contributed by atoms with van der Waals surface area (Å²) in [5.74, 6) is 0.0268. The van der Waals surface area contributed by atoms with Crippen molar-refractivity contribution in [1.29, 1.82) is 0 Å². The Morgan fingerprint density at radius 2 is 1.69 bits per heavy atom. The number of carbonyl (C=O) groups excluding carboxylic acids is 2. The molecule has 32 heavy (non-hydrogen) atoms. The fourth-order valence-electron chi connectivity index (χ4n) is 2.91. The molecule has 0 radical (unpaired) electrons. The average Bonchev–Trinajstić information content (AvgIpc) is 2.80. The molecule has 3 N–H and O–H groups in total. The van der Waals surface area contributed by atoms with Crippen molar-refractivity contribution in [3.8, 4) is 5.75 Å². The number of rotatable bonds is 7. The van der Waals surface area contributed by atoms with Crippen molar-refractivity contribution in [1.82, 2.24) is 10.6 Å². The molecule has 3 aromatic carbocycles. The zero-order valence-electron chi connectivity index (χ0n) is 17.4. The molecule has 6 nitrogen and oxygen atoms in total. The summed E-state index contributed by atoms with van der Waals surface area (Å²) in [6.45, 7) is 2.81. The van der Waals surface area contributed by atoms with Crippen molar-refractivity contribution in [2.24, 2.45) is 0 Å². The maximum Gasteiger partial charge on any atom is 0.257 e. The number of nitrogens with one attached hydrogen (secondary N) is 3. The highest BCUT2D eigenvalue weighted by molar-refractivity contribution is 9.10. The molecule has 0 aromatic heterocycles. The third-order valence-corrected chi connectivity index (χ3v) is 5.26. The highest BCUT2D eigenvalue weighted by Crippen LogP contribution is 2.26. The largest absolute Gasteiger partial charge is 0.493 e. The summed E-state index contributed by atoms with van der Waals surface area (Å²) < 4.78 is 6.13. The Labute approximate surface area is 200 Å². The molecule has 0 aliphatic rings. The van der Waals surface area contributed by atoms with Crippen LogP contribution in [-0.2, 0) is 6.54 Å². The monoisotopic (exact) mass is 511 g/mol. The molecule has 0 saturated carbocycles. The van der Waals surface area contributed by atoms with E-state index in [2.05, 4.69) is 31.9 Å². The first kappa shape index (κ1) is 23.4. The van der Waals surface area contributed by atoms with Crippen molar-refractivity contribution >= 4 is 50.8 Å². The van der Waals surface area contributed by atoms with Crippen molar-refractivity contribution in [2.45, 2.75) is 13.5 Å². The van der Waals surface area contributed by atoms with Crippen LogP contribution >= 0.6 is 28.1 Å². The Morgan fingerprint density at radius 3 is 2.41 bits per heavy atom. The van der Waals surface area contributed by atoms with Gasteiger partial charge in [-0.05, 0) is 71.0 Å². The van der Waals surface area contributed by atoms with Crippen LogP contribution in [-0.4, -0.2) is 23.5 Å². The Balaban J connectivity index is 1.63. The van der Waals surface area contributed by atoms with Gasteiger partial charge in [-0.2, -0.15) is 0 Å². The summed E-state index contributed by atoms with van der Waals surface area (Å²) in [5, 5.41) is 8.55. The SMILES string of the molecule is CCOc1ccc(C(=O)NC(=S)Nc2ccccc2C(=O)NCc2ccccc2)cc1Br. The quantitative estimate of drug-likeness (QED) is 0.393. The fraction of sp³-hybridized carbons (Fsp3) is 0.125. The molecule has 3 rings (SSSR count). The summed E-state index contributed by atoms with van der Waals surface area (Å²) >= 11 is 8.68. The number of ether oxygens (including phenoxy) is 1. The van der Waals surface area contributed by atoms with E-state index in [0.29, 0.717) is 40.2 Å². The smallest absolute Gasteiger partial charge is 0.257 e. The number of anilines is 1. The molecule has 3 aromatic rings. The van der Waals surface area contributed by atoms with Gasteiger partial charge in [0.25, 0.3) is 11.8 Å². The Morgan fingerprint density at radius 1 is 0.969 bits per heavy atom. The predicted molar refractivity (Wildman–Crippen MR) is 133 cm³/mol. The molecule has 0 aliphatic carbocycles. The lowest BCUT2D eigenvalue weighted by atomic mass is 10.1. The molecule has 0 heterocycles. The highest BCUT2D eigenvalue weighted by Gasteiger charge is 2.14. The van der Waals surface area contributed by atoms with Gasteiger partial charge in [0.15, 0.2) is 5.11 Å². The van der Waals surface area contributed by atoms with Crippen molar-refractivity contribution in [3.05, 3.63) is 94.0 Å². The summed E-state index contributed by atoms with van der Waals surface area (Å²) in [5.41, 5.74) is 2.33. The molecule has 0 bridgehead atoms. The third-order valence-electron chi connectivity index (χ3n) is 4.44. The molecule has 8 heteroatoms. The Bertz CT molecular complexity index is 1120. The fourth-order valence-corrected chi connectivity index (χ4v) is 3.60. The summed E-state index contributed by atoms with van der Waals surface area (Å²) in [7, 11) is 0. The second-order valence-corrected chi connectivity index (χ2v) is 7.96.